The van der Waals surface area contributed by atoms with Gasteiger partial charge in [-0.2, -0.15) is 5.10 Å². The van der Waals surface area contributed by atoms with Gasteiger partial charge >= 0.3 is 0 Å². The Balaban J connectivity index is 1.97. The van der Waals surface area contributed by atoms with Gasteiger partial charge < -0.3 is 4.42 Å². The molecule has 22 heavy (non-hydrogen) atoms. The average molecular weight is 306 g/mol. The molecular weight excluding hydrogens is 288 g/mol. The van der Waals surface area contributed by atoms with Gasteiger partial charge in [0.1, 0.15) is 11.3 Å². The monoisotopic (exact) mass is 306 g/mol. The van der Waals surface area contributed by atoms with Crippen LogP contribution in [-0.2, 0) is 0 Å². The van der Waals surface area contributed by atoms with Gasteiger partial charge in [0.05, 0.1) is 8.07 Å². The second-order valence-corrected chi connectivity index (χ2v) is 11.8. The summed E-state index contributed by atoms with van der Waals surface area (Å²) in [6.45, 7) is 6.99. The number of hydrogen-bond donors (Lipinski definition) is 0. The third-order valence-corrected chi connectivity index (χ3v) is 6.07. The fourth-order valence-electron chi connectivity index (χ4n) is 2.75. The van der Waals surface area contributed by atoms with Crippen molar-refractivity contribution in [2.45, 2.75) is 19.6 Å². The van der Waals surface area contributed by atoms with E-state index in [1.807, 2.05) is 29.1 Å². The molecule has 0 fully saturated rings. The largest absolute Gasteiger partial charge is 0.454 e. The fraction of sp³-hybridized carbons (Fsp3) is 0.167. The highest BCUT2D eigenvalue weighted by Crippen LogP contribution is 2.31. The molecule has 2 aromatic carbocycles. The number of furan rings is 1. The molecule has 0 N–H and O–H groups in total. The normalized spacial score (nSPS) is 12.3. The van der Waals surface area contributed by atoms with Crippen LogP contribution in [0.3, 0.4) is 0 Å². The van der Waals surface area contributed by atoms with Crippen LogP contribution < -0.4 is 5.19 Å². The zero-order chi connectivity index (χ0) is 15.3. The number of aromatic nitrogens is 2. The molecule has 2 aromatic heterocycles. The SMILES string of the molecule is C[Si](C)(C)c1cnn(-c2cccc3c2oc2ccccc23)c1. The van der Waals surface area contributed by atoms with Crippen LogP contribution >= 0.6 is 0 Å². The third-order valence-electron chi connectivity index (χ3n) is 4.08. The molecule has 0 aliphatic carbocycles. The van der Waals surface area contributed by atoms with E-state index in [-0.39, 0.29) is 0 Å². The van der Waals surface area contributed by atoms with E-state index in [0.29, 0.717) is 0 Å². The van der Waals surface area contributed by atoms with Gasteiger partial charge in [0.15, 0.2) is 5.58 Å². The molecule has 4 aromatic rings. The molecule has 2 heterocycles. The summed E-state index contributed by atoms with van der Waals surface area (Å²) in [7, 11) is -1.36. The van der Waals surface area contributed by atoms with E-state index in [1.54, 1.807) is 0 Å². The van der Waals surface area contributed by atoms with Crippen molar-refractivity contribution in [3.05, 3.63) is 54.9 Å². The molecule has 110 valence electrons. The summed E-state index contributed by atoms with van der Waals surface area (Å²) in [4.78, 5) is 0. The van der Waals surface area contributed by atoms with Crippen LogP contribution in [0.4, 0.5) is 0 Å². The quantitative estimate of drug-likeness (QED) is 0.516. The molecule has 0 aliphatic heterocycles. The number of nitrogens with zero attached hydrogens (tertiary/aromatic N) is 2. The van der Waals surface area contributed by atoms with Crippen LogP contribution in [0.5, 0.6) is 0 Å². The molecule has 0 saturated carbocycles. The Morgan fingerprint density at radius 2 is 1.73 bits per heavy atom. The Morgan fingerprint density at radius 3 is 2.50 bits per heavy atom. The lowest BCUT2D eigenvalue weighted by Crippen LogP contribution is -2.36. The van der Waals surface area contributed by atoms with Gasteiger partial charge in [-0.1, -0.05) is 50.0 Å². The van der Waals surface area contributed by atoms with Crippen LogP contribution in [0.15, 0.2) is 59.3 Å². The summed E-state index contributed by atoms with van der Waals surface area (Å²) < 4.78 is 8.03. The number of fused-ring (bicyclic) bond motifs is 3. The molecule has 4 heteroatoms. The van der Waals surface area contributed by atoms with Crippen LogP contribution in [0.25, 0.3) is 27.6 Å². The van der Waals surface area contributed by atoms with Crippen molar-refractivity contribution >= 4 is 35.2 Å². The van der Waals surface area contributed by atoms with Gasteiger partial charge in [0.25, 0.3) is 0 Å². The summed E-state index contributed by atoms with van der Waals surface area (Å²) in [5.74, 6) is 0. The first-order chi connectivity index (χ1) is 10.5. The molecule has 0 radical (unpaired) electrons. The van der Waals surface area contributed by atoms with Crippen LogP contribution in [0.2, 0.25) is 19.6 Å². The van der Waals surface area contributed by atoms with E-state index in [9.17, 15) is 0 Å². The van der Waals surface area contributed by atoms with Gasteiger partial charge in [-0.15, -0.1) is 0 Å². The molecule has 0 atom stereocenters. The second-order valence-electron chi connectivity index (χ2n) is 6.68. The van der Waals surface area contributed by atoms with E-state index < -0.39 is 8.07 Å². The Kier molecular flexibility index (Phi) is 2.78. The number of para-hydroxylation sites is 2. The summed E-state index contributed by atoms with van der Waals surface area (Å²) in [6, 6.07) is 14.4. The summed E-state index contributed by atoms with van der Waals surface area (Å²) in [6.07, 6.45) is 4.14. The second kappa shape index (κ2) is 4.58. The first kappa shape index (κ1) is 13.3. The van der Waals surface area contributed by atoms with Gasteiger partial charge in [0.2, 0.25) is 0 Å². The summed E-state index contributed by atoms with van der Waals surface area (Å²) in [5.41, 5.74) is 2.81. The average Bonchev–Trinajstić information content (AvgIpc) is 3.11. The molecule has 0 unspecified atom stereocenters. The molecule has 0 spiro atoms. The highest BCUT2D eigenvalue weighted by atomic mass is 28.3. The molecule has 4 rings (SSSR count). The lowest BCUT2D eigenvalue weighted by atomic mass is 10.1. The molecule has 0 saturated heterocycles. The van der Waals surface area contributed by atoms with E-state index >= 15 is 0 Å². The minimum Gasteiger partial charge on any atom is -0.454 e. The number of rotatable bonds is 2. The number of benzene rings is 2. The zero-order valence-electron chi connectivity index (χ0n) is 13.0. The summed E-state index contributed by atoms with van der Waals surface area (Å²) in [5, 5.41) is 8.20. The van der Waals surface area contributed by atoms with Crippen molar-refractivity contribution in [1.82, 2.24) is 9.78 Å². The maximum Gasteiger partial charge on any atom is 0.161 e. The van der Waals surface area contributed by atoms with Crippen molar-refractivity contribution in [2.24, 2.45) is 0 Å². The zero-order valence-corrected chi connectivity index (χ0v) is 14.0. The van der Waals surface area contributed by atoms with Crippen molar-refractivity contribution < 1.29 is 4.42 Å². The minimum atomic E-state index is -1.36. The molecular formula is C18H18N2OSi. The van der Waals surface area contributed by atoms with Crippen molar-refractivity contribution in [3.63, 3.8) is 0 Å². The third kappa shape index (κ3) is 1.99. The standard InChI is InChI=1S/C18H18N2OSi/c1-22(2,3)13-11-19-20(12-13)16-9-6-8-15-14-7-4-5-10-17(14)21-18(15)16/h4-12H,1-3H3. The van der Waals surface area contributed by atoms with Crippen molar-refractivity contribution in [2.75, 3.05) is 0 Å². The van der Waals surface area contributed by atoms with E-state index in [2.05, 4.69) is 55.2 Å². The van der Waals surface area contributed by atoms with Gasteiger partial charge in [-0.25, -0.2) is 4.68 Å². The minimum absolute atomic E-state index is 0.897. The Labute approximate surface area is 130 Å². The van der Waals surface area contributed by atoms with Crippen molar-refractivity contribution in [3.8, 4) is 5.69 Å². The smallest absolute Gasteiger partial charge is 0.161 e. The lowest BCUT2D eigenvalue weighted by molar-refractivity contribution is 0.662. The first-order valence-corrected chi connectivity index (χ1v) is 11.0. The van der Waals surface area contributed by atoms with Gasteiger partial charge in [-0.05, 0) is 17.3 Å². The predicted octanol–water partition coefficient (Wildman–Crippen LogP) is 4.32. The van der Waals surface area contributed by atoms with Crippen LogP contribution in [0, 0.1) is 0 Å². The Morgan fingerprint density at radius 1 is 0.955 bits per heavy atom. The predicted molar refractivity (Wildman–Crippen MR) is 93.8 cm³/mol. The first-order valence-electron chi connectivity index (χ1n) is 7.50. The lowest BCUT2D eigenvalue weighted by Gasteiger charge is -2.12. The van der Waals surface area contributed by atoms with E-state index in [4.69, 9.17) is 4.42 Å². The summed E-state index contributed by atoms with van der Waals surface area (Å²) >= 11 is 0. The van der Waals surface area contributed by atoms with E-state index in [1.165, 1.54) is 5.19 Å². The molecule has 3 nitrogen and oxygen atoms in total. The highest BCUT2D eigenvalue weighted by Gasteiger charge is 2.19. The highest BCUT2D eigenvalue weighted by molar-refractivity contribution is 6.88. The maximum atomic E-state index is 6.08. The van der Waals surface area contributed by atoms with Gasteiger partial charge in [0, 0.05) is 23.2 Å². The Bertz CT molecular complexity index is 976. The topological polar surface area (TPSA) is 31.0 Å². The van der Waals surface area contributed by atoms with Crippen LogP contribution in [-0.4, -0.2) is 17.9 Å². The number of hydrogen-bond acceptors (Lipinski definition) is 2. The van der Waals surface area contributed by atoms with Crippen molar-refractivity contribution in [1.29, 1.82) is 0 Å². The fourth-order valence-corrected chi connectivity index (χ4v) is 3.71. The molecule has 0 aliphatic rings. The maximum absolute atomic E-state index is 6.08. The molecule has 0 amide bonds. The van der Waals surface area contributed by atoms with E-state index in [0.717, 1.165) is 27.6 Å². The van der Waals surface area contributed by atoms with Gasteiger partial charge in [-0.3, -0.25) is 0 Å². The van der Waals surface area contributed by atoms with Crippen LogP contribution in [0.1, 0.15) is 0 Å². The Hall–Kier alpha value is -2.33. The molecule has 0 bridgehead atoms.